The van der Waals surface area contributed by atoms with Crippen molar-refractivity contribution >= 4 is 17.4 Å². The van der Waals surface area contributed by atoms with Crippen LogP contribution in [0.3, 0.4) is 0 Å². The van der Waals surface area contributed by atoms with Gasteiger partial charge in [0.05, 0.1) is 11.6 Å². The van der Waals surface area contributed by atoms with Crippen LogP contribution < -0.4 is 0 Å². The van der Waals surface area contributed by atoms with Crippen molar-refractivity contribution in [1.29, 1.82) is 0 Å². The Balaban J connectivity index is 2.18. The number of ketones is 1. The molecule has 1 aliphatic heterocycles. The molecular formula is C21H18FNO3. The van der Waals surface area contributed by atoms with Crippen molar-refractivity contribution in [2.75, 3.05) is 6.54 Å². The lowest BCUT2D eigenvalue weighted by Gasteiger charge is -2.24. The molecule has 132 valence electrons. The van der Waals surface area contributed by atoms with Crippen molar-refractivity contribution in [3.8, 4) is 0 Å². The summed E-state index contributed by atoms with van der Waals surface area (Å²) in [7, 11) is 0. The quantitative estimate of drug-likeness (QED) is 0.395. The van der Waals surface area contributed by atoms with Gasteiger partial charge in [0.25, 0.3) is 11.7 Å². The molecule has 0 radical (unpaired) electrons. The molecule has 1 N–H and O–H groups in total. The van der Waals surface area contributed by atoms with E-state index < -0.39 is 23.5 Å². The highest BCUT2D eigenvalue weighted by Crippen LogP contribution is 2.39. The van der Waals surface area contributed by atoms with Crippen molar-refractivity contribution < 1.29 is 19.1 Å². The average Bonchev–Trinajstić information content (AvgIpc) is 2.88. The van der Waals surface area contributed by atoms with E-state index in [9.17, 15) is 19.1 Å². The second-order valence-corrected chi connectivity index (χ2v) is 6.16. The number of likely N-dealkylation sites (tertiary alicyclic amines) is 1. The summed E-state index contributed by atoms with van der Waals surface area (Å²) in [5, 5.41) is 10.8. The van der Waals surface area contributed by atoms with E-state index in [0.29, 0.717) is 11.1 Å². The molecule has 0 spiro atoms. The van der Waals surface area contributed by atoms with Gasteiger partial charge in [-0.05, 0) is 24.6 Å². The molecule has 0 aromatic heterocycles. The summed E-state index contributed by atoms with van der Waals surface area (Å²) in [6.45, 7) is 5.66. The summed E-state index contributed by atoms with van der Waals surface area (Å²) in [6, 6.07) is 11.7. The van der Waals surface area contributed by atoms with Crippen LogP contribution in [-0.4, -0.2) is 28.2 Å². The molecule has 1 amide bonds. The van der Waals surface area contributed by atoms with Crippen LogP contribution in [0.15, 0.2) is 66.8 Å². The smallest absolute Gasteiger partial charge is 0.295 e. The summed E-state index contributed by atoms with van der Waals surface area (Å²) in [6.07, 6.45) is 1.51. The van der Waals surface area contributed by atoms with E-state index in [-0.39, 0.29) is 17.9 Å². The predicted octanol–water partition coefficient (Wildman–Crippen LogP) is 3.74. The minimum absolute atomic E-state index is 0.00712. The molecule has 1 atom stereocenters. The summed E-state index contributed by atoms with van der Waals surface area (Å²) in [5.74, 6) is -2.15. The Hall–Kier alpha value is -3.21. The van der Waals surface area contributed by atoms with E-state index in [2.05, 4.69) is 6.58 Å². The number of rotatable bonds is 4. The Kier molecular flexibility index (Phi) is 4.71. The van der Waals surface area contributed by atoms with E-state index in [1.54, 1.807) is 12.1 Å². The number of Topliss-reactive ketones (excluding diaryl/α,β-unsaturated/α-hetero) is 1. The molecule has 1 fully saturated rings. The first-order valence-electron chi connectivity index (χ1n) is 8.16. The molecule has 26 heavy (non-hydrogen) atoms. The Morgan fingerprint density at radius 3 is 2.35 bits per heavy atom. The lowest BCUT2D eigenvalue weighted by atomic mass is 9.95. The number of hydrogen-bond donors (Lipinski definition) is 1. The van der Waals surface area contributed by atoms with Gasteiger partial charge in [0.1, 0.15) is 11.6 Å². The van der Waals surface area contributed by atoms with Gasteiger partial charge < -0.3 is 10.0 Å². The third kappa shape index (κ3) is 3.04. The fourth-order valence-electron chi connectivity index (χ4n) is 3.07. The molecular weight excluding hydrogens is 333 g/mol. The number of aliphatic hydroxyl groups excluding tert-OH is 1. The van der Waals surface area contributed by atoms with Crippen LogP contribution in [0, 0.1) is 12.7 Å². The van der Waals surface area contributed by atoms with E-state index in [1.165, 1.54) is 35.2 Å². The average molecular weight is 351 g/mol. The molecule has 4 nitrogen and oxygen atoms in total. The number of carbonyl (C=O) groups excluding carboxylic acids is 2. The van der Waals surface area contributed by atoms with Crippen LogP contribution in [-0.2, 0) is 9.59 Å². The molecule has 0 saturated carbocycles. The van der Waals surface area contributed by atoms with Gasteiger partial charge >= 0.3 is 0 Å². The monoisotopic (exact) mass is 351 g/mol. The first-order valence-corrected chi connectivity index (χ1v) is 8.16. The van der Waals surface area contributed by atoms with E-state index in [0.717, 1.165) is 5.56 Å². The van der Waals surface area contributed by atoms with Crippen LogP contribution in [0.2, 0.25) is 0 Å². The van der Waals surface area contributed by atoms with Crippen molar-refractivity contribution in [1.82, 2.24) is 4.90 Å². The third-order valence-corrected chi connectivity index (χ3v) is 4.38. The van der Waals surface area contributed by atoms with Gasteiger partial charge in [0.15, 0.2) is 0 Å². The summed E-state index contributed by atoms with van der Waals surface area (Å²) in [4.78, 5) is 26.4. The molecule has 0 unspecified atom stereocenters. The van der Waals surface area contributed by atoms with Gasteiger partial charge in [-0.2, -0.15) is 0 Å². The van der Waals surface area contributed by atoms with Crippen LogP contribution in [0.5, 0.6) is 0 Å². The van der Waals surface area contributed by atoms with E-state index >= 15 is 0 Å². The zero-order valence-electron chi connectivity index (χ0n) is 14.3. The molecule has 1 heterocycles. The van der Waals surface area contributed by atoms with Crippen molar-refractivity contribution in [3.63, 3.8) is 0 Å². The molecule has 2 aromatic carbocycles. The number of benzene rings is 2. The van der Waals surface area contributed by atoms with Crippen LogP contribution >= 0.6 is 0 Å². The van der Waals surface area contributed by atoms with Crippen molar-refractivity contribution in [3.05, 3.63) is 89.3 Å². The van der Waals surface area contributed by atoms with Gasteiger partial charge in [0, 0.05) is 12.1 Å². The highest BCUT2D eigenvalue weighted by atomic mass is 19.1. The van der Waals surface area contributed by atoms with Crippen LogP contribution in [0.4, 0.5) is 4.39 Å². The highest BCUT2D eigenvalue weighted by Gasteiger charge is 2.45. The van der Waals surface area contributed by atoms with Gasteiger partial charge in [-0.1, -0.05) is 48.0 Å². The summed E-state index contributed by atoms with van der Waals surface area (Å²) in [5.41, 5.74) is 1.98. The molecule has 1 aliphatic rings. The first-order chi connectivity index (χ1) is 12.4. The Bertz CT molecular complexity index is 898. The lowest BCUT2D eigenvalue weighted by Crippen LogP contribution is -2.29. The second kappa shape index (κ2) is 6.96. The fourth-order valence-corrected chi connectivity index (χ4v) is 3.07. The van der Waals surface area contributed by atoms with Gasteiger partial charge in [-0.15, -0.1) is 6.58 Å². The third-order valence-electron chi connectivity index (χ3n) is 4.38. The molecule has 0 bridgehead atoms. The second-order valence-electron chi connectivity index (χ2n) is 6.16. The minimum atomic E-state index is -0.796. The van der Waals surface area contributed by atoms with Crippen molar-refractivity contribution in [2.24, 2.45) is 0 Å². The fraction of sp³-hybridized carbons (Fsp3) is 0.143. The maximum Gasteiger partial charge on any atom is 0.295 e. The van der Waals surface area contributed by atoms with Gasteiger partial charge in [0.2, 0.25) is 0 Å². The Morgan fingerprint density at radius 2 is 1.77 bits per heavy atom. The Labute approximate surface area is 150 Å². The van der Waals surface area contributed by atoms with E-state index in [4.69, 9.17) is 0 Å². The summed E-state index contributed by atoms with van der Waals surface area (Å²) < 4.78 is 13.3. The Morgan fingerprint density at radius 1 is 1.15 bits per heavy atom. The van der Waals surface area contributed by atoms with Crippen LogP contribution in [0.25, 0.3) is 5.76 Å². The topological polar surface area (TPSA) is 57.6 Å². The maximum absolute atomic E-state index is 13.3. The number of nitrogens with zero attached hydrogens (tertiary/aromatic N) is 1. The zero-order valence-corrected chi connectivity index (χ0v) is 14.3. The molecule has 2 aromatic rings. The maximum atomic E-state index is 13.3. The van der Waals surface area contributed by atoms with Crippen LogP contribution in [0.1, 0.15) is 22.7 Å². The number of aliphatic hydroxyl groups is 1. The standard InChI is InChI=1S/C21H18FNO3/c1-3-12-23-18(14-8-10-16(22)11-9-14)17(20(25)21(23)26)19(24)15-6-4-13(2)5-7-15/h3-11,18,24H,1,12H2,2H3/b19-17+/t18-/m1/s1. The normalized spacial score (nSPS) is 19.0. The van der Waals surface area contributed by atoms with E-state index in [1.807, 2.05) is 19.1 Å². The van der Waals surface area contributed by atoms with Crippen molar-refractivity contribution in [2.45, 2.75) is 13.0 Å². The number of hydrogen-bond acceptors (Lipinski definition) is 3. The molecule has 5 heteroatoms. The number of halogens is 1. The largest absolute Gasteiger partial charge is 0.507 e. The zero-order chi connectivity index (χ0) is 18.8. The number of carbonyl (C=O) groups is 2. The summed E-state index contributed by atoms with van der Waals surface area (Å²) >= 11 is 0. The predicted molar refractivity (Wildman–Crippen MR) is 96.8 cm³/mol. The highest BCUT2D eigenvalue weighted by molar-refractivity contribution is 6.46. The first kappa shape index (κ1) is 17.6. The van der Waals surface area contributed by atoms with Gasteiger partial charge in [-0.25, -0.2) is 4.39 Å². The molecule has 0 aliphatic carbocycles. The SMILES string of the molecule is C=CCN1C(=O)C(=O)/C(=C(/O)c2ccc(C)cc2)[C@H]1c1ccc(F)cc1. The molecule has 3 rings (SSSR count). The number of amides is 1. The molecule has 1 saturated heterocycles. The van der Waals surface area contributed by atoms with Gasteiger partial charge in [-0.3, -0.25) is 9.59 Å². The lowest BCUT2D eigenvalue weighted by molar-refractivity contribution is -0.139. The number of aryl methyl sites for hydroxylation is 1. The minimum Gasteiger partial charge on any atom is -0.507 e.